The summed E-state index contributed by atoms with van der Waals surface area (Å²) >= 11 is 5.82. The third kappa shape index (κ3) is 2.02. The summed E-state index contributed by atoms with van der Waals surface area (Å²) in [6.07, 6.45) is 5.85. The number of hydrogen-bond acceptors (Lipinski definition) is 2. The van der Waals surface area contributed by atoms with Crippen molar-refractivity contribution >= 4 is 11.6 Å². The van der Waals surface area contributed by atoms with Crippen molar-refractivity contribution in [1.82, 2.24) is 14.9 Å². The molecule has 3 rings (SSSR count). The van der Waals surface area contributed by atoms with Crippen LogP contribution in [0.1, 0.15) is 24.6 Å². The van der Waals surface area contributed by atoms with Crippen molar-refractivity contribution in [2.75, 3.05) is 6.54 Å². The lowest BCUT2D eigenvalue weighted by molar-refractivity contribution is 0.613. The summed E-state index contributed by atoms with van der Waals surface area (Å²) in [6.45, 7) is 1.03. The first-order chi connectivity index (χ1) is 8.75. The summed E-state index contributed by atoms with van der Waals surface area (Å²) in [5, 5.41) is 3.56. The molecule has 1 saturated heterocycles. The van der Waals surface area contributed by atoms with Crippen molar-refractivity contribution < 1.29 is 4.39 Å². The Morgan fingerprint density at radius 1 is 1.44 bits per heavy atom. The number of benzene rings is 1. The lowest BCUT2D eigenvalue weighted by atomic mass is 10.1. The molecule has 1 aromatic carbocycles. The van der Waals surface area contributed by atoms with E-state index in [1.54, 1.807) is 18.5 Å². The van der Waals surface area contributed by atoms with Gasteiger partial charge in [0.2, 0.25) is 0 Å². The van der Waals surface area contributed by atoms with Crippen molar-refractivity contribution in [3.05, 3.63) is 47.3 Å². The number of aromatic nitrogens is 2. The molecular weight excluding hydrogens is 253 g/mol. The van der Waals surface area contributed by atoms with Gasteiger partial charge < -0.3 is 9.88 Å². The van der Waals surface area contributed by atoms with Crippen LogP contribution >= 0.6 is 11.6 Å². The molecule has 2 heterocycles. The largest absolute Gasteiger partial charge is 0.309 e. The van der Waals surface area contributed by atoms with Crippen molar-refractivity contribution in [2.45, 2.75) is 18.9 Å². The van der Waals surface area contributed by atoms with E-state index in [1.807, 2.05) is 10.8 Å². The van der Waals surface area contributed by atoms with E-state index < -0.39 is 5.82 Å². The maximum atomic E-state index is 13.2. The lowest BCUT2D eigenvalue weighted by Crippen LogP contribution is -2.16. The second kappa shape index (κ2) is 4.71. The highest BCUT2D eigenvalue weighted by Gasteiger charge is 2.20. The standard InChI is InChI=1S/C13H13ClFN3/c14-10-6-9(3-4-11(10)15)18-8-16-7-13(18)12-2-1-5-17-12/h3-4,6-8,12,17H,1-2,5H2/t12-/m0/s1. The predicted octanol–water partition coefficient (Wildman–Crippen LogP) is 3.09. The van der Waals surface area contributed by atoms with E-state index in [9.17, 15) is 4.39 Å². The summed E-state index contributed by atoms with van der Waals surface area (Å²) in [5.41, 5.74) is 1.93. The Bertz CT molecular complexity index is 561. The normalized spacial score (nSPS) is 19.3. The zero-order valence-corrected chi connectivity index (χ0v) is 10.5. The van der Waals surface area contributed by atoms with Crippen LogP contribution in [-0.2, 0) is 0 Å². The number of halogens is 2. The molecule has 1 fully saturated rings. The van der Waals surface area contributed by atoms with Crippen LogP contribution in [0, 0.1) is 5.82 Å². The zero-order valence-electron chi connectivity index (χ0n) is 9.74. The first kappa shape index (κ1) is 11.7. The molecule has 1 aliphatic heterocycles. The fourth-order valence-corrected chi connectivity index (χ4v) is 2.53. The predicted molar refractivity (Wildman–Crippen MR) is 68.5 cm³/mol. The van der Waals surface area contributed by atoms with E-state index in [2.05, 4.69) is 10.3 Å². The van der Waals surface area contributed by atoms with Gasteiger partial charge in [-0.2, -0.15) is 0 Å². The number of hydrogen-bond donors (Lipinski definition) is 1. The van der Waals surface area contributed by atoms with Gasteiger partial charge in [0.1, 0.15) is 5.82 Å². The van der Waals surface area contributed by atoms with Crippen LogP contribution in [0.3, 0.4) is 0 Å². The Morgan fingerprint density at radius 2 is 2.33 bits per heavy atom. The van der Waals surface area contributed by atoms with Gasteiger partial charge in [0.05, 0.1) is 23.2 Å². The number of imidazole rings is 1. The molecule has 0 saturated carbocycles. The quantitative estimate of drug-likeness (QED) is 0.904. The fraction of sp³-hybridized carbons (Fsp3) is 0.308. The lowest BCUT2D eigenvalue weighted by Gasteiger charge is -2.14. The minimum atomic E-state index is -0.402. The van der Waals surface area contributed by atoms with Crippen LogP contribution in [0.25, 0.3) is 5.69 Å². The van der Waals surface area contributed by atoms with Gasteiger partial charge in [-0.15, -0.1) is 0 Å². The molecule has 0 spiro atoms. The van der Waals surface area contributed by atoms with E-state index in [0.717, 1.165) is 24.3 Å². The van der Waals surface area contributed by atoms with Crippen LogP contribution in [0.2, 0.25) is 5.02 Å². The Kier molecular flexibility index (Phi) is 3.06. The van der Waals surface area contributed by atoms with Gasteiger partial charge in [-0.1, -0.05) is 11.6 Å². The Morgan fingerprint density at radius 3 is 3.06 bits per heavy atom. The van der Waals surface area contributed by atoms with E-state index in [4.69, 9.17) is 11.6 Å². The smallest absolute Gasteiger partial charge is 0.141 e. The molecule has 0 unspecified atom stereocenters. The molecule has 1 aromatic heterocycles. The molecule has 1 N–H and O–H groups in total. The molecule has 94 valence electrons. The topological polar surface area (TPSA) is 29.9 Å². The molecular formula is C13H13ClFN3. The van der Waals surface area contributed by atoms with Gasteiger partial charge in [-0.3, -0.25) is 0 Å². The third-order valence-electron chi connectivity index (χ3n) is 3.27. The Hall–Kier alpha value is -1.39. The Labute approximate surface area is 110 Å². The number of nitrogens with zero attached hydrogens (tertiary/aromatic N) is 2. The van der Waals surface area contributed by atoms with Gasteiger partial charge in [0, 0.05) is 11.7 Å². The molecule has 1 atom stereocenters. The number of rotatable bonds is 2. The molecule has 0 amide bonds. The minimum absolute atomic E-state index is 0.131. The van der Waals surface area contributed by atoms with Gasteiger partial charge >= 0.3 is 0 Å². The monoisotopic (exact) mass is 265 g/mol. The van der Waals surface area contributed by atoms with Crippen molar-refractivity contribution in [3.8, 4) is 5.69 Å². The maximum Gasteiger partial charge on any atom is 0.141 e. The van der Waals surface area contributed by atoms with Crippen LogP contribution in [0.5, 0.6) is 0 Å². The summed E-state index contributed by atoms with van der Waals surface area (Å²) in [4.78, 5) is 4.18. The average molecular weight is 266 g/mol. The number of nitrogens with one attached hydrogen (secondary N) is 1. The first-order valence-electron chi connectivity index (χ1n) is 5.97. The molecule has 1 aliphatic rings. The SMILES string of the molecule is Fc1ccc(-n2cncc2[C@@H]2CCCN2)cc1Cl. The van der Waals surface area contributed by atoms with Gasteiger partial charge in [0.25, 0.3) is 0 Å². The van der Waals surface area contributed by atoms with Crippen molar-refractivity contribution in [2.24, 2.45) is 0 Å². The summed E-state index contributed by atoms with van der Waals surface area (Å²) in [5.74, 6) is -0.402. The Balaban J connectivity index is 2.00. The van der Waals surface area contributed by atoms with Crippen molar-refractivity contribution in [1.29, 1.82) is 0 Å². The van der Waals surface area contributed by atoms with E-state index >= 15 is 0 Å². The molecule has 0 radical (unpaired) electrons. The second-order valence-corrected chi connectivity index (χ2v) is 4.84. The van der Waals surface area contributed by atoms with Crippen LogP contribution < -0.4 is 5.32 Å². The van der Waals surface area contributed by atoms with Crippen LogP contribution in [0.4, 0.5) is 4.39 Å². The fourth-order valence-electron chi connectivity index (χ4n) is 2.35. The molecule has 3 nitrogen and oxygen atoms in total. The summed E-state index contributed by atoms with van der Waals surface area (Å²) in [6, 6.07) is 5.03. The van der Waals surface area contributed by atoms with Gasteiger partial charge in [-0.25, -0.2) is 9.37 Å². The minimum Gasteiger partial charge on any atom is -0.309 e. The maximum absolute atomic E-state index is 13.2. The summed E-state index contributed by atoms with van der Waals surface area (Å²) < 4.78 is 15.1. The van der Waals surface area contributed by atoms with E-state index in [1.165, 1.54) is 12.5 Å². The van der Waals surface area contributed by atoms with Gasteiger partial charge in [-0.05, 0) is 37.6 Å². The molecule has 0 bridgehead atoms. The summed E-state index contributed by atoms with van der Waals surface area (Å²) in [7, 11) is 0. The highest BCUT2D eigenvalue weighted by atomic mass is 35.5. The van der Waals surface area contributed by atoms with Crippen molar-refractivity contribution in [3.63, 3.8) is 0 Å². The molecule has 18 heavy (non-hydrogen) atoms. The first-order valence-corrected chi connectivity index (χ1v) is 6.34. The molecule has 5 heteroatoms. The van der Waals surface area contributed by atoms with E-state index in [-0.39, 0.29) is 5.02 Å². The second-order valence-electron chi connectivity index (χ2n) is 4.44. The highest BCUT2D eigenvalue weighted by molar-refractivity contribution is 6.30. The van der Waals surface area contributed by atoms with Gasteiger partial charge in [0.15, 0.2) is 0 Å². The highest BCUT2D eigenvalue weighted by Crippen LogP contribution is 2.26. The van der Waals surface area contributed by atoms with Crippen LogP contribution in [-0.4, -0.2) is 16.1 Å². The van der Waals surface area contributed by atoms with E-state index in [0.29, 0.717) is 6.04 Å². The third-order valence-corrected chi connectivity index (χ3v) is 3.56. The van der Waals surface area contributed by atoms with Crippen LogP contribution in [0.15, 0.2) is 30.7 Å². The average Bonchev–Trinajstić information content (AvgIpc) is 3.00. The molecule has 2 aromatic rings. The molecule has 0 aliphatic carbocycles. The zero-order chi connectivity index (χ0) is 12.5.